The second kappa shape index (κ2) is 51.8. The Balaban J connectivity index is 0.000000171. The number of carboxylic acid groups (broad SMARTS) is 5. The van der Waals surface area contributed by atoms with E-state index in [4.69, 9.17) is 78.9 Å². The molecule has 818 valence electrons. The van der Waals surface area contributed by atoms with E-state index in [-0.39, 0.29) is 157 Å². The molecule has 143 heavy (non-hydrogen) atoms. The smallest absolute Gasteiger partial charge is 0.451 e. The van der Waals surface area contributed by atoms with Gasteiger partial charge in [-0.25, -0.2) is 0 Å². The summed E-state index contributed by atoms with van der Waals surface area (Å²) in [5, 5.41) is 155. The third-order valence-electron chi connectivity index (χ3n) is 32.9. The number of nitrogens with zero attached hydrogens (tertiary/aromatic N) is 10. The molecule has 0 aromatic carbocycles. The van der Waals surface area contributed by atoms with Gasteiger partial charge in [-0.2, -0.15) is 85.1 Å². The van der Waals surface area contributed by atoms with Gasteiger partial charge in [-0.15, -0.1) is 0 Å². The Morgan fingerprint density at radius 3 is 0.566 bits per heavy atom. The summed E-state index contributed by atoms with van der Waals surface area (Å²) in [7, 11) is -26.6. The molecule has 14 atom stereocenters. The molecular formula is C83H161B5N20O30S5. The fourth-order valence-electron chi connectivity index (χ4n) is 23.2. The van der Waals surface area contributed by atoms with Gasteiger partial charge in [0.25, 0.3) is 51.0 Å². The van der Waals surface area contributed by atoms with Crippen LogP contribution in [0.3, 0.4) is 0 Å². The Labute approximate surface area is 843 Å². The zero-order chi connectivity index (χ0) is 105. The highest BCUT2D eigenvalue weighted by molar-refractivity contribution is 7.88. The Hall–Kier alpha value is -3.78. The minimum Gasteiger partial charge on any atom is -0.480 e. The molecule has 30 N–H and O–H groups in total. The summed E-state index contributed by atoms with van der Waals surface area (Å²) < 4.78 is 150. The summed E-state index contributed by atoms with van der Waals surface area (Å²) >= 11 is 0. The Morgan fingerprint density at radius 2 is 0.413 bits per heavy atom. The Morgan fingerprint density at radius 1 is 0.252 bits per heavy atom. The average Bonchev–Trinajstić information content (AvgIpc) is 1.60. The fourth-order valence-corrected chi connectivity index (χ4v) is 34.0. The molecule has 0 amide bonds. The van der Waals surface area contributed by atoms with Crippen LogP contribution in [-0.2, 0) is 75.0 Å². The van der Waals surface area contributed by atoms with Crippen molar-refractivity contribution in [1.29, 1.82) is 0 Å². The van der Waals surface area contributed by atoms with Crippen molar-refractivity contribution in [3.8, 4) is 0 Å². The molecule has 15 aliphatic rings. The standard InChI is InChI=1S/3C17H33BN4O6S.2C16H31BN4O6S/c2*19-17(16(23)24)12-21(11-13(17)4-2-8-18(25)26)29(27,28)22(14-5-1-6-14)15-7-3-9-20-10-15;19-17(16(23)24)12-21(11-13(17)3-2-8-18(25)26)29(27,28)22(14-4-1-5-14)15-6-9-20-10-7-15;2*18-16(15(22)23)11-20(10-12(16)3-2-7-17(24)25)28(26,27)21(13-4-1-5-13)14-6-8-19-9-14/h3*13-15,20,25-26H,1-12,19H2,(H,23,24);2*12-14,19,24-25H,1-11,18H2,(H,22,23)/t13-,15?,17-;13-,15+,17-;13-,17-;12-,14+,16-;12-,14-,16-/m00000/s1. The van der Waals surface area contributed by atoms with Crippen LogP contribution in [0.15, 0.2) is 0 Å². The molecule has 10 heterocycles. The first-order chi connectivity index (χ1) is 67.3. The van der Waals surface area contributed by atoms with Crippen molar-refractivity contribution in [3.05, 3.63) is 0 Å². The molecule has 0 radical (unpaired) electrons. The van der Waals surface area contributed by atoms with Crippen molar-refractivity contribution in [2.45, 2.75) is 332 Å². The van der Waals surface area contributed by atoms with Crippen LogP contribution in [0.5, 0.6) is 0 Å². The Bertz CT molecular complexity index is 4340. The number of carbonyl (C=O) groups is 5. The number of nitrogens with two attached hydrogens (primary N) is 5. The van der Waals surface area contributed by atoms with E-state index in [1.807, 2.05) is 0 Å². The van der Waals surface area contributed by atoms with Crippen LogP contribution in [0.1, 0.15) is 212 Å². The predicted molar refractivity (Wildman–Crippen MR) is 531 cm³/mol. The monoisotopic (exact) mass is 2130 g/mol. The van der Waals surface area contributed by atoms with E-state index >= 15 is 0 Å². The molecule has 0 aromatic heterocycles. The van der Waals surface area contributed by atoms with E-state index in [1.54, 1.807) is 21.5 Å². The Kier molecular flexibility index (Phi) is 43.2. The second-order valence-electron chi connectivity index (χ2n) is 42.6. The molecule has 0 bridgehead atoms. The van der Waals surface area contributed by atoms with Gasteiger partial charge >= 0.3 is 65.4 Å². The van der Waals surface area contributed by atoms with Crippen LogP contribution in [-0.4, -0.2) is 445 Å². The summed E-state index contributed by atoms with van der Waals surface area (Å²) in [5.41, 5.74) is 22.5. The number of rotatable bonds is 45. The lowest BCUT2D eigenvalue weighted by Gasteiger charge is -2.44. The average molecular weight is 2130 g/mol. The molecule has 0 aromatic rings. The van der Waals surface area contributed by atoms with E-state index in [0.29, 0.717) is 90.4 Å². The lowest BCUT2D eigenvalue weighted by atomic mass is 9.78. The molecular weight excluding hydrogens is 1970 g/mol. The van der Waals surface area contributed by atoms with Crippen molar-refractivity contribution < 1.29 is 142 Å². The number of piperidine rings is 3. The molecule has 15 fully saturated rings. The van der Waals surface area contributed by atoms with Crippen LogP contribution in [0.2, 0.25) is 31.6 Å². The normalized spacial score (nSPS) is 31.5. The van der Waals surface area contributed by atoms with Gasteiger partial charge < -0.3 is 131 Å². The number of hydrogen-bond acceptors (Lipinski definition) is 35. The van der Waals surface area contributed by atoms with Crippen molar-refractivity contribution in [2.75, 3.05) is 131 Å². The lowest BCUT2D eigenvalue weighted by molar-refractivity contribution is -0.145. The highest BCUT2D eigenvalue weighted by atomic mass is 32.2. The van der Waals surface area contributed by atoms with Gasteiger partial charge in [-0.3, -0.25) is 24.0 Å². The maximum absolute atomic E-state index is 13.6. The van der Waals surface area contributed by atoms with E-state index < -0.39 is 174 Å². The first-order valence-electron chi connectivity index (χ1n) is 51.7. The highest BCUT2D eigenvalue weighted by Gasteiger charge is 2.62. The van der Waals surface area contributed by atoms with Crippen molar-refractivity contribution in [2.24, 2.45) is 58.3 Å². The van der Waals surface area contributed by atoms with E-state index in [1.165, 1.54) is 21.5 Å². The maximum Gasteiger partial charge on any atom is 0.451 e. The van der Waals surface area contributed by atoms with Gasteiger partial charge in [-0.05, 0) is 219 Å². The lowest BCUT2D eigenvalue weighted by Crippen LogP contribution is -2.59. The summed E-state index contributed by atoms with van der Waals surface area (Å²) in [5.74, 6) is -9.02. The quantitative estimate of drug-likeness (QED) is 0.0252. The number of carboxylic acids is 5. The molecule has 5 saturated carbocycles. The van der Waals surface area contributed by atoms with Crippen LogP contribution in [0.25, 0.3) is 0 Å². The SMILES string of the molecule is N[C@@]1(C(=O)O)CN(S(=O)(=O)N(C2CCC2)C2CCCNC2)C[C@@H]1CCCB(O)O.N[C@@]1(C(=O)O)CN(S(=O)(=O)N(C2CCC2)C2CCNCC2)C[C@@H]1CCCB(O)O.N[C@@]1(C(=O)O)CN(S(=O)(=O)N(C2CCC2)[C@@H]2CCCNC2)C[C@@H]1CCCB(O)O.N[C@@]1(C(=O)O)CN(S(=O)(=O)N(C2CCC2)[C@@H]2CCNC2)C[C@@H]1CCCB(O)O.N[C@@]1(C(=O)O)CN(S(=O)(=O)N(C2CCC2)[C@H]2CCNC2)C[C@@H]1CCCB(O)O. The minimum absolute atomic E-state index is 0.0244. The van der Waals surface area contributed by atoms with Gasteiger partial charge in [0, 0.05) is 182 Å². The molecule has 15 rings (SSSR count). The van der Waals surface area contributed by atoms with Crippen molar-refractivity contribution in [1.82, 2.24) is 69.6 Å². The van der Waals surface area contributed by atoms with Crippen molar-refractivity contribution in [3.63, 3.8) is 0 Å². The van der Waals surface area contributed by atoms with Gasteiger partial charge in [-0.1, -0.05) is 64.2 Å². The van der Waals surface area contributed by atoms with Crippen molar-refractivity contribution >= 4 is 116 Å². The molecule has 0 spiro atoms. The first-order valence-corrected chi connectivity index (χ1v) is 58.7. The summed E-state index contributed by atoms with van der Waals surface area (Å²) in [6.45, 7) is 6.13. The molecule has 10 aliphatic heterocycles. The van der Waals surface area contributed by atoms with Gasteiger partial charge in [0.1, 0.15) is 27.7 Å². The largest absolute Gasteiger partial charge is 0.480 e. The van der Waals surface area contributed by atoms with E-state index in [9.17, 15) is 91.6 Å². The third-order valence-corrected chi connectivity index (χ3v) is 43.2. The number of hydrogen-bond donors (Lipinski definition) is 25. The van der Waals surface area contributed by atoms with Crippen LogP contribution < -0.4 is 55.3 Å². The summed E-state index contributed by atoms with van der Waals surface area (Å²) in [6.07, 6.45) is 23.6. The fraction of sp³-hybridized carbons (Fsp3) is 0.940. The van der Waals surface area contributed by atoms with Crippen LogP contribution in [0, 0.1) is 29.6 Å². The van der Waals surface area contributed by atoms with E-state index in [2.05, 4.69) is 26.6 Å². The topological polar surface area (TPSA) is 782 Å². The van der Waals surface area contributed by atoms with Gasteiger partial charge in [0.05, 0.1) is 0 Å². The third kappa shape index (κ3) is 28.6. The summed E-state index contributed by atoms with van der Waals surface area (Å²) in [6, 6.07) is -0.719. The zero-order valence-electron chi connectivity index (χ0n) is 82.3. The maximum atomic E-state index is 13.6. The molecule has 50 nitrogen and oxygen atoms in total. The first kappa shape index (κ1) is 119. The minimum atomic E-state index is -3.85. The predicted octanol–water partition coefficient (Wildman–Crippen LogP) is -6.76. The number of aliphatic carboxylic acids is 5. The highest BCUT2D eigenvalue weighted by Crippen LogP contribution is 2.46. The van der Waals surface area contributed by atoms with E-state index in [0.717, 1.165) is 187 Å². The van der Waals surface area contributed by atoms with Crippen LogP contribution >= 0.6 is 0 Å². The zero-order valence-corrected chi connectivity index (χ0v) is 86.4. The number of nitrogens with one attached hydrogen (secondary N) is 5. The molecule has 60 heteroatoms. The molecule has 1 unspecified atom stereocenters. The summed E-state index contributed by atoms with van der Waals surface area (Å²) in [4.78, 5) is 59.4. The molecule has 5 aliphatic carbocycles. The molecule has 10 saturated heterocycles. The van der Waals surface area contributed by atoms with Crippen LogP contribution in [0.4, 0.5) is 0 Å². The van der Waals surface area contributed by atoms with Gasteiger partial charge in [0.15, 0.2) is 0 Å². The second-order valence-corrected chi connectivity index (χ2v) is 51.8. The van der Waals surface area contributed by atoms with Gasteiger partial charge in [0.2, 0.25) is 0 Å².